The molecular formula is C49H58Cl2F2N8O6S. The van der Waals surface area contributed by atoms with Crippen molar-refractivity contribution in [2.75, 3.05) is 97.4 Å². The van der Waals surface area contributed by atoms with E-state index in [1.54, 1.807) is 55.7 Å². The summed E-state index contributed by atoms with van der Waals surface area (Å²) in [5, 5.41) is 0.685. The number of carbonyl (C=O) groups is 2. The summed E-state index contributed by atoms with van der Waals surface area (Å²) in [5.41, 5.74) is 10.1. The summed E-state index contributed by atoms with van der Waals surface area (Å²) >= 11 is 12.3. The average molecular weight is 996 g/mol. The molecule has 4 atom stereocenters. The second-order valence-corrected chi connectivity index (χ2v) is 20.5. The molecule has 4 bridgehead atoms. The zero-order valence-electron chi connectivity index (χ0n) is 38.7. The zero-order chi connectivity index (χ0) is 48.9. The predicted molar refractivity (Wildman–Crippen MR) is 264 cm³/mol. The molecule has 0 aliphatic carbocycles. The van der Waals surface area contributed by atoms with Gasteiger partial charge in [-0.2, -0.15) is 0 Å². The molecule has 4 saturated heterocycles. The fraction of sp³-hybridized carbons (Fsp3) is 0.388. The minimum atomic E-state index is -3.56. The lowest BCUT2D eigenvalue weighted by molar-refractivity contribution is -0.141. The van der Waals surface area contributed by atoms with E-state index in [-0.39, 0.29) is 58.3 Å². The molecule has 4 aromatic rings. The maximum atomic E-state index is 13.4. The molecule has 3 N–H and O–H groups in total. The number of amides is 2. The van der Waals surface area contributed by atoms with E-state index in [1.165, 1.54) is 43.5 Å². The summed E-state index contributed by atoms with van der Waals surface area (Å²) in [6.45, 7) is 7.50. The Labute approximate surface area is 407 Å². The number of nitrogens with one attached hydrogen (secondary N) is 1. The second kappa shape index (κ2) is 22.0. The van der Waals surface area contributed by atoms with Gasteiger partial charge in [0.15, 0.2) is 0 Å². The van der Waals surface area contributed by atoms with Crippen LogP contribution in [0.25, 0.3) is 12.2 Å². The Balaban J connectivity index is 0.000000203. The van der Waals surface area contributed by atoms with Crippen LogP contribution < -0.4 is 19.9 Å². The number of methoxy groups -OCH3 is 2. The first-order chi connectivity index (χ1) is 32.4. The van der Waals surface area contributed by atoms with Gasteiger partial charge in [-0.25, -0.2) is 17.2 Å². The van der Waals surface area contributed by atoms with Gasteiger partial charge in [-0.05, 0) is 85.9 Å². The molecule has 364 valence electrons. The highest BCUT2D eigenvalue weighted by molar-refractivity contribution is 7.92. The molecular weight excluding hydrogens is 938 g/mol. The van der Waals surface area contributed by atoms with E-state index in [2.05, 4.69) is 38.4 Å². The molecule has 0 aromatic heterocycles. The van der Waals surface area contributed by atoms with Gasteiger partial charge in [0.1, 0.15) is 23.1 Å². The van der Waals surface area contributed by atoms with Gasteiger partial charge in [0.05, 0.1) is 60.4 Å². The lowest BCUT2D eigenvalue weighted by Crippen LogP contribution is -2.68. The van der Waals surface area contributed by atoms with Gasteiger partial charge < -0.3 is 34.8 Å². The predicted octanol–water partition coefficient (Wildman–Crippen LogP) is 6.01. The fourth-order valence-electron chi connectivity index (χ4n) is 9.67. The first-order valence-electron chi connectivity index (χ1n) is 22.2. The summed E-state index contributed by atoms with van der Waals surface area (Å²) in [7, 11) is 3.59. The number of rotatable bonds is 12. The van der Waals surface area contributed by atoms with Crippen LogP contribution in [0.3, 0.4) is 0 Å². The van der Waals surface area contributed by atoms with Gasteiger partial charge in [-0.15, -0.1) is 0 Å². The van der Waals surface area contributed by atoms with Crippen LogP contribution in [0.15, 0.2) is 84.9 Å². The van der Waals surface area contributed by atoms with Crippen LogP contribution in [-0.4, -0.2) is 161 Å². The van der Waals surface area contributed by atoms with E-state index >= 15 is 0 Å². The van der Waals surface area contributed by atoms with Crippen molar-refractivity contribution in [2.24, 2.45) is 0 Å². The van der Waals surface area contributed by atoms with Gasteiger partial charge >= 0.3 is 0 Å². The molecule has 68 heavy (non-hydrogen) atoms. The van der Waals surface area contributed by atoms with Gasteiger partial charge in [0.2, 0.25) is 21.8 Å². The number of nitrogens with zero attached hydrogens (tertiary/aromatic N) is 6. The highest BCUT2D eigenvalue weighted by Gasteiger charge is 2.42. The van der Waals surface area contributed by atoms with Gasteiger partial charge in [-0.1, -0.05) is 47.5 Å². The largest absolute Gasteiger partial charge is 0.495 e. The molecule has 4 aliphatic rings. The number of piperazine rings is 4. The molecule has 2 amide bonds. The Morgan fingerprint density at radius 3 is 1.44 bits per heavy atom. The van der Waals surface area contributed by atoms with Crippen LogP contribution in [0.2, 0.25) is 10.0 Å². The third-order valence-electron chi connectivity index (χ3n) is 12.5. The highest BCUT2D eigenvalue weighted by atomic mass is 35.5. The number of nitrogen functional groups attached to an aromatic ring is 1. The van der Waals surface area contributed by atoms with Gasteiger partial charge in [-0.3, -0.25) is 24.1 Å². The van der Waals surface area contributed by atoms with Gasteiger partial charge in [0.25, 0.3) is 0 Å². The Hall–Kier alpha value is -5.27. The summed E-state index contributed by atoms with van der Waals surface area (Å²) in [5.74, 6) is 0.235. The Bertz CT molecular complexity index is 2590. The third-order valence-corrected chi connectivity index (χ3v) is 13.7. The zero-order valence-corrected chi connectivity index (χ0v) is 41.1. The molecule has 14 nitrogen and oxygen atoms in total. The number of sulfonamides is 1. The number of likely N-dealkylation sites (N-methyl/N-ethyl adjacent to an activating group) is 2. The van der Waals surface area contributed by atoms with Crippen molar-refractivity contribution in [1.29, 1.82) is 0 Å². The summed E-state index contributed by atoms with van der Waals surface area (Å²) in [6.07, 6.45) is 7.41. The topological polar surface area (TPSA) is 144 Å². The van der Waals surface area contributed by atoms with Gasteiger partial charge in [0, 0.05) is 94.4 Å². The van der Waals surface area contributed by atoms with Crippen LogP contribution in [0.4, 0.5) is 20.2 Å². The quantitative estimate of drug-likeness (QED) is 0.127. The van der Waals surface area contributed by atoms with Crippen molar-refractivity contribution in [3.05, 3.63) is 129 Å². The fourth-order valence-corrected chi connectivity index (χ4v) is 10.7. The third kappa shape index (κ3) is 12.9. The number of carbonyl (C=O) groups excluding carboxylic acids is 2. The molecule has 4 heterocycles. The molecule has 8 rings (SSSR count). The van der Waals surface area contributed by atoms with E-state index < -0.39 is 10.0 Å². The second-order valence-electron chi connectivity index (χ2n) is 17.9. The number of anilines is 2. The van der Waals surface area contributed by atoms with E-state index in [0.29, 0.717) is 53.0 Å². The first-order valence-corrected chi connectivity index (χ1v) is 24.8. The number of nitrogens with two attached hydrogens (primary N) is 1. The maximum absolute atomic E-state index is 13.4. The molecule has 0 saturated carbocycles. The number of fused-ring (bicyclic) bond motifs is 4. The van der Waals surface area contributed by atoms with E-state index in [1.807, 2.05) is 21.9 Å². The Kier molecular flexibility index (Phi) is 16.4. The number of ether oxygens (including phenoxy) is 2. The number of hydrogen-bond donors (Lipinski definition) is 2. The molecule has 4 aromatic carbocycles. The minimum Gasteiger partial charge on any atom is -0.495 e. The number of halogens is 4. The van der Waals surface area contributed by atoms with E-state index in [9.17, 15) is 26.8 Å². The number of hydrogen-bond acceptors (Lipinski definition) is 11. The molecule has 0 spiro atoms. The number of benzene rings is 4. The summed E-state index contributed by atoms with van der Waals surface area (Å²) in [4.78, 5) is 39.7. The summed E-state index contributed by atoms with van der Waals surface area (Å²) < 4.78 is 63.1. The van der Waals surface area contributed by atoms with Crippen molar-refractivity contribution in [1.82, 2.24) is 29.4 Å². The highest BCUT2D eigenvalue weighted by Crippen LogP contribution is 2.34. The normalized spacial score (nSPS) is 21.4. The Morgan fingerprint density at radius 1 is 0.662 bits per heavy atom. The van der Waals surface area contributed by atoms with Crippen LogP contribution in [0, 0.1) is 11.6 Å². The molecule has 4 fully saturated rings. The standard InChI is InChI=1S/C25H30ClFN4O4S.C24H28ClFN4O2/c1-29-13-20-15-30(12-17-4-7-19(27)8-5-17)16-21(14-29)31(20)25(32)9-6-18-10-24(35-2)22(26)11-23(18)28-36(3,33)34;1-28-12-19-14-29(11-16-3-6-18(26)7-4-16)15-20(13-28)30(19)24(31)8-5-17-9-23(32-2)21(25)10-22(17)27/h4-11,20-21,28H,12-16H2,1-3H3;3-10,19-20H,11-15,27H2,1-2H3/b9-6+;8-5+. The summed E-state index contributed by atoms with van der Waals surface area (Å²) in [6, 6.07) is 19.7. The van der Waals surface area contributed by atoms with E-state index in [0.717, 1.165) is 63.2 Å². The van der Waals surface area contributed by atoms with Crippen molar-refractivity contribution in [3.8, 4) is 11.5 Å². The first kappa shape index (κ1) is 50.6. The lowest BCUT2D eigenvalue weighted by atomic mass is 9.99. The average Bonchev–Trinajstić information content (AvgIpc) is 3.26. The minimum absolute atomic E-state index is 0.00605. The molecule has 19 heteroatoms. The van der Waals surface area contributed by atoms with Crippen LogP contribution >= 0.6 is 23.2 Å². The molecule has 0 radical (unpaired) electrons. The smallest absolute Gasteiger partial charge is 0.247 e. The van der Waals surface area contributed by atoms with Crippen LogP contribution in [-0.2, 0) is 32.7 Å². The van der Waals surface area contributed by atoms with Crippen molar-refractivity contribution in [3.63, 3.8) is 0 Å². The molecule has 4 unspecified atom stereocenters. The van der Waals surface area contributed by atoms with Crippen molar-refractivity contribution in [2.45, 2.75) is 37.3 Å². The van der Waals surface area contributed by atoms with E-state index in [4.69, 9.17) is 38.4 Å². The SMILES string of the molecule is COc1cc(/C=C/C(=O)N2C3CN(C)CC2CN(Cc2ccc(F)cc2)C3)c(N)cc1Cl.COc1cc(/C=C/C(=O)N2C3CN(C)CC2CN(Cc2ccc(F)cc2)C3)c(NS(C)(=O)=O)cc1Cl. The lowest BCUT2D eigenvalue weighted by Gasteiger charge is -2.52. The Morgan fingerprint density at radius 2 is 1.04 bits per heavy atom. The van der Waals surface area contributed by atoms with Crippen LogP contribution in [0.5, 0.6) is 11.5 Å². The van der Waals surface area contributed by atoms with Crippen molar-refractivity contribution < 1.29 is 36.3 Å². The maximum Gasteiger partial charge on any atom is 0.247 e. The monoisotopic (exact) mass is 994 g/mol. The molecule has 4 aliphatic heterocycles. The van der Waals surface area contributed by atoms with Crippen molar-refractivity contribution >= 4 is 68.6 Å². The van der Waals surface area contributed by atoms with Crippen LogP contribution in [0.1, 0.15) is 22.3 Å².